The lowest BCUT2D eigenvalue weighted by Crippen LogP contribution is -2.19. The van der Waals surface area contributed by atoms with Crippen molar-refractivity contribution in [1.82, 2.24) is 5.43 Å². The topological polar surface area (TPSA) is 83.7 Å². The highest BCUT2D eigenvalue weighted by molar-refractivity contribution is 5.83. The summed E-state index contributed by atoms with van der Waals surface area (Å²) in [5.41, 5.74) is 5.79. The Morgan fingerprint density at radius 2 is 1.71 bits per heavy atom. The van der Waals surface area contributed by atoms with Crippen molar-refractivity contribution in [3.05, 3.63) is 95.1 Å². The van der Waals surface area contributed by atoms with Gasteiger partial charge in [0.25, 0.3) is 0 Å². The molecule has 0 saturated heterocycles. The Morgan fingerprint density at radius 1 is 1.00 bits per heavy atom. The molecule has 3 aromatic rings. The summed E-state index contributed by atoms with van der Waals surface area (Å²) in [4.78, 5) is 12.0. The standard InChI is InChI=1S/C25H23N3O3/c1-2-30-23-10-6-19(7-11-23)15-25(29)28-27-17-20-8-12-24(13-9-20)31-18-22-5-3-4-21(14-22)16-26/h3-14,17H,2,15,18H2,1H3,(H,28,29)/b27-17-. The molecule has 156 valence electrons. The van der Waals surface area contributed by atoms with Crippen LogP contribution in [0.3, 0.4) is 0 Å². The zero-order chi connectivity index (χ0) is 21.9. The van der Waals surface area contributed by atoms with Gasteiger partial charge in [0.2, 0.25) is 5.91 Å². The Labute approximate surface area is 181 Å². The maximum absolute atomic E-state index is 12.0. The van der Waals surface area contributed by atoms with Crippen LogP contribution in [-0.4, -0.2) is 18.7 Å². The molecule has 0 radical (unpaired) electrons. The van der Waals surface area contributed by atoms with Gasteiger partial charge in [0.05, 0.1) is 30.9 Å². The third kappa shape index (κ3) is 7.02. The fourth-order valence-electron chi connectivity index (χ4n) is 2.82. The van der Waals surface area contributed by atoms with Gasteiger partial charge in [-0.25, -0.2) is 5.43 Å². The van der Waals surface area contributed by atoms with Crippen molar-refractivity contribution in [2.45, 2.75) is 20.0 Å². The number of ether oxygens (including phenoxy) is 2. The van der Waals surface area contributed by atoms with E-state index < -0.39 is 0 Å². The van der Waals surface area contributed by atoms with Crippen molar-refractivity contribution in [2.75, 3.05) is 6.61 Å². The molecule has 0 fully saturated rings. The molecule has 31 heavy (non-hydrogen) atoms. The lowest BCUT2D eigenvalue weighted by molar-refractivity contribution is -0.120. The molecule has 0 atom stereocenters. The van der Waals surface area contributed by atoms with E-state index in [-0.39, 0.29) is 12.3 Å². The van der Waals surface area contributed by atoms with Gasteiger partial charge >= 0.3 is 0 Å². The lowest BCUT2D eigenvalue weighted by atomic mass is 10.1. The van der Waals surface area contributed by atoms with Crippen molar-refractivity contribution in [3.63, 3.8) is 0 Å². The number of hydrazone groups is 1. The molecule has 6 nitrogen and oxygen atoms in total. The second-order valence-electron chi connectivity index (χ2n) is 6.72. The van der Waals surface area contributed by atoms with Crippen LogP contribution in [0.25, 0.3) is 0 Å². The summed E-state index contributed by atoms with van der Waals surface area (Å²) in [6, 6.07) is 24.2. The number of nitrogens with zero attached hydrogens (tertiary/aromatic N) is 2. The van der Waals surface area contributed by atoms with Gasteiger partial charge < -0.3 is 9.47 Å². The molecule has 0 aromatic heterocycles. The molecular formula is C25H23N3O3. The normalized spacial score (nSPS) is 10.5. The van der Waals surface area contributed by atoms with Crippen LogP contribution in [0.15, 0.2) is 77.9 Å². The first-order valence-corrected chi connectivity index (χ1v) is 9.92. The quantitative estimate of drug-likeness (QED) is 0.420. The molecule has 0 saturated carbocycles. The second-order valence-corrected chi connectivity index (χ2v) is 6.72. The first-order valence-electron chi connectivity index (χ1n) is 9.92. The van der Waals surface area contributed by atoms with Crippen molar-refractivity contribution < 1.29 is 14.3 Å². The number of benzene rings is 3. The minimum Gasteiger partial charge on any atom is -0.494 e. The van der Waals surface area contributed by atoms with Crippen molar-refractivity contribution in [3.8, 4) is 17.6 Å². The summed E-state index contributed by atoms with van der Waals surface area (Å²) in [5, 5.41) is 13.0. The first kappa shape index (κ1) is 21.6. The number of hydrogen-bond donors (Lipinski definition) is 1. The molecule has 6 heteroatoms. The van der Waals surface area contributed by atoms with E-state index in [1.807, 2.05) is 67.6 Å². The van der Waals surface area contributed by atoms with E-state index in [0.29, 0.717) is 24.5 Å². The van der Waals surface area contributed by atoms with Crippen molar-refractivity contribution in [2.24, 2.45) is 5.10 Å². The molecule has 0 aliphatic heterocycles. The van der Waals surface area contributed by atoms with Gasteiger partial charge in [-0.15, -0.1) is 0 Å². The van der Waals surface area contributed by atoms with E-state index in [0.717, 1.165) is 22.4 Å². The van der Waals surface area contributed by atoms with E-state index in [9.17, 15) is 4.79 Å². The van der Waals surface area contributed by atoms with Gasteiger partial charge in [-0.05, 0) is 72.1 Å². The third-order valence-electron chi connectivity index (χ3n) is 4.34. The van der Waals surface area contributed by atoms with Gasteiger partial charge in [0.15, 0.2) is 0 Å². The van der Waals surface area contributed by atoms with Crippen LogP contribution in [0, 0.1) is 11.3 Å². The Balaban J connectivity index is 1.45. The minimum atomic E-state index is -0.194. The van der Waals surface area contributed by atoms with E-state index in [1.165, 1.54) is 0 Å². The number of hydrogen-bond acceptors (Lipinski definition) is 5. The summed E-state index contributed by atoms with van der Waals surface area (Å²) in [7, 11) is 0. The van der Waals surface area contributed by atoms with Crippen molar-refractivity contribution in [1.29, 1.82) is 5.26 Å². The van der Waals surface area contributed by atoms with Crippen LogP contribution in [0.1, 0.15) is 29.2 Å². The van der Waals surface area contributed by atoms with E-state index in [1.54, 1.807) is 18.3 Å². The van der Waals surface area contributed by atoms with Gasteiger partial charge in [-0.1, -0.05) is 24.3 Å². The predicted octanol–water partition coefficient (Wildman–Crippen LogP) is 4.23. The molecule has 1 amide bonds. The maximum Gasteiger partial charge on any atom is 0.244 e. The monoisotopic (exact) mass is 413 g/mol. The second kappa shape index (κ2) is 11.2. The molecule has 0 heterocycles. The van der Waals surface area contributed by atoms with Crippen LogP contribution in [0.4, 0.5) is 0 Å². The number of nitriles is 1. The Kier molecular flexibility index (Phi) is 7.78. The summed E-state index contributed by atoms with van der Waals surface area (Å²) >= 11 is 0. The average molecular weight is 413 g/mol. The number of carbonyl (C=O) groups excluding carboxylic acids is 1. The molecule has 0 spiro atoms. The van der Waals surface area contributed by atoms with Crippen LogP contribution in [-0.2, 0) is 17.8 Å². The largest absolute Gasteiger partial charge is 0.494 e. The van der Waals surface area contributed by atoms with Gasteiger partial charge in [0, 0.05) is 0 Å². The van der Waals surface area contributed by atoms with E-state index in [4.69, 9.17) is 14.7 Å². The molecule has 1 N–H and O–H groups in total. The van der Waals surface area contributed by atoms with Crippen LogP contribution in [0.5, 0.6) is 11.5 Å². The highest BCUT2D eigenvalue weighted by Gasteiger charge is 2.03. The van der Waals surface area contributed by atoms with Gasteiger partial charge in [0.1, 0.15) is 18.1 Å². The zero-order valence-electron chi connectivity index (χ0n) is 17.2. The number of rotatable bonds is 9. The van der Waals surface area contributed by atoms with Crippen molar-refractivity contribution >= 4 is 12.1 Å². The smallest absolute Gasteiger partial charge is 0.244 e. The summed E-state index contributed by atoms with van der Waals surface area (Å²) in [6.45, 7) is 2.92. The SMILES string of the molecule is CCOc1ccc(CC(=O)N/N=C\c2ccc(OCc3cccc(C#N)c3)cc2)cc1. The zero-order valence-corrected chi connectivity index (χ0v) is 17.2. The average Bonchev–Trinajstić information content (AvgIpc) is 2.80. The molecule has 0 unspecified atom stereocenters. The van der Waals surface area contributed by atoms with Crippen LogP contribution >= 0.6 is 0 Å². The molecule has 0 bridgehead atoms. The molecule has 3 rings (SSSR count). The maximum atomic E-state index is 12.0. The number of carbonyl (C=O) groups is 1. The molecule has 0 aliphatic carbocycles. The summed E-state index contributed by atoms with van der Waals surface area (Å²) in [6.07, 6.45) is 1.82. The highest BCUT2D eigenvalue weighted by atomic mass is 16.5. The van der Waals surface area contributed by atoms with Gasteiger partial charge in [-0.2, -0.15) is 10.4 Å². The lowest BCUT2D eigenvalue weighted by Gasteiger charge is -2.07. The third-order valence-corrected chi connectivity index (χ3v) is 4.34. The highest BCUT2D eigenvalue weighted by Crippen LogP contribution is 2.15. The fraction of sp³-hybridized carbons (Fsp3) is 0.160. The van der Waals surface area contributed by atoms with Crippen LogP contribution in [0.2, 0.25) is 0 Å². The molecule has 3 aromatic carbocycles. The Bertz CT molecular complexity index is 1070. The minimum absolute atomic E-state index is 0.194. The van der Waals surface area contributed by atoms with Crippen LogP contribution < -0.4 is 14.9 Å². The summed E-state index contributed by atoms with van der Waals surface area (Å²) in [5.74, 6) is 1.30. The Morgan fingerprint density at radius 3 is 2.42 bits per heavy atom. The molecule has 0 aliphatic rings. The van der Waals surface area contributed by atoms with E-state index >= 15 is 0 Å². The first-order chi connectivity index (χ1) is 15.2. The number of nitrogens with one attached hydrogen (secondary N) is 1. The van der Waals surface area contributed by atoms with E-state index in [2.05, 4.69) is 16.6 Å². The van der Waals surface area contributed by atoms with Gasteiger partial charge in [-0.3, -0.25) is 4.79 Å². The fourth-order valence-corrected chi connectivity index (χ4v) is 2.82. The number of amides is 1. The predicted molar refractivity (Wildman–Crippen MR) is 119 cm³/mol. The summed E-state index contributed by atoms with van der Waals surface area (Å²) < 4.78 is 11.1. The Hall–Kier alpha value is -4.11. The molecular weight excluding hydrogens is 390 g/mol.